The fourth-order valence-electron chi connectivity index (χ4n) is 1.97. The molecule has 0 bridgehead atoms. The number of hydrogen-bond acceptors (Lipinski definition) is 4. The van der Waals surface area contributed by atoms with E-state index < -0.39 is 21.7 Å². The topological polar surface area (TPSA) is 72.2 Å². The Labute approximate surface area is 124 Å². The summed E-state index contributed by atoms with van der Waals surface area (Å²) in [7, 11) is -4.02. The van der Waals surface area contributed by atoms with E-state index in [0.29, 0.717) is 23.1 Å². The van der Waals surface area contributed by atoms with Crippen LogP contribution in [0.1, 0.15) is 5.89 Å². The van der Waals surface area contributed by atoms with Crippen LogP contribution in [-0.2, 0) is 10.0 Å². The van der Waals surface area contributed by atoms with Crippen molar-refractivity contribution in [2.75, 3.05) is 4.72 Å². The molecule has 2 aromatic carbocycles. The molecule has 3 rings (SSSR count). The van der Waals surface area contributed by atoms with Gasteiger partial charge in [-0.15, -0.1) is 0 Å². The van der Waals surface area contributed by atoms with Gasteiger partial charge >= 0.3 is 0 Å². The lowest BCUT2D eigenvalue weighted by Crippen LogP contribution is -2.14. The highest BCUT2D eigenvalue weighted by atomic mass is 32.2. The van der Waals surface area contributed by atoms with Gasteiger partial charge in [-0.25, -0.2) is 22.2 Å². The molecule has 0 atom stereocenters. The number of aryl methyl sites for hydroxylation is 1. The highest BCUT2D eigenvalue weighted by molar-refractivity contribution is 7.92. The van der Waals surface area contributed by atoms with Gasteiger partial charge in [0.1, 0.15) is 17.2 Å². The van der Waals surface area contributed by atoms with E-state index in [-0.39, 0.29) is 10.6 Å². The Balaban J connectivity index is 2.00. The third-order valence-corrected chi connectivity index (χ3v) is 4.31. The first-order valence-corrected chi connectivity index (χ1v) is 7.68. The van der Waals surface area contributed by atoms with E-state index in [1.165, 1.54) is 18.2 Å². The maximum Gasteiger partial charge on any atom is 0.262 e. The minimum Gasteiger partial charge on any atom is -0.441 e. The number of hydrogen-bond donors (Lipinski definition) is 1. The van der Waals surface area contributed by atoms with Gasteiger partial charge in [0.25, 0.3) is 10.0 Å². The van der Waals surface area contributed by atoms with E-state index in [4.69, 9.17) is 4.42 Å². The van der Waals surface area contributed by atoms with Gasteiger partial charge < -0.3 is 4.42 Å². The van der Waals surface area contributed by atoms with E-state index >= 15 is 0 Å². The lowest BCUT2D eigenvalue weighted by molar-refractivity contribution is 0.561. The van der Waals surface area contributed by atoms with Crippen molar-refractivity contribution in [3.8, 4) is 0 Å². The van der Waals surface area contributed by atoms with E-state index in [0.717, 1.165) is 12.1 Å². The van der Waals surface area contributed by atoms with Crippen molar-refractivity contribution >= 4 is 26.8 Å². The molecule has 22 heavy (non-hydrogen) atoms. The second-order valence-corrected chi connectivity index (χ2v) is 6.27. The second-order valence-electron chi connectivity index (χ2n) is 4.59. The number of nitrogens with zero attached hydrogens (tertiary/aromatic N) is 1. The first-order valence-electron chi connectivity index (χ1n) is 6.20. The van der Waals surface area contributed by atoms with Gasteiger partial charge in [0.15, 0.2) is 11.5 Å². The highest BCUT2D eigenvalue weighted by Gasteiger charge is 2.18. The summed E-state index contributed by atoms with van der Waals surface area (Å²) in [5.74, 6) is -1.39. The van der Waals surface area contributed by atoms with Gasteiger partial charge in [0.05, 0.1) is 10.6 Å². The van der Waals surface area contributed by atoms with Crippen LogP contribution in [0, 0.1) is 18.6 Å². The third kappa shape index (κ3) is 2.64. The maximum atomic E-state index is 13.6. The van der Waals surface area contributed by atoms with E-state index in [1.807, 2.05) is 0 Å². The quantitative estimate of drug-likeness (QED) is 0.803. The fraction of sp³-hybridized carbons (Fsp3) is 0.0714. The zero-order chi connectivity index (χ0) is 15.9. The number of anilines is 1. The van der Waals surface area contributed by atoms with Gasteiger partial charge in [-0.3, -0.25) is 4.72 Å². The average molecular weight is 324 g/mol. The van der Waals surface area contributed by atoms with E-state index in [9.17, 15) is 17.2 Å². The van der Waals surface area contributed by atoms with Gasteiger partial charge in [-0.2, -0.15) is 0 Å². The first kappa shape index (κ1) is 14.5. The number of sulfonamides is 1. The van der Waals surface area contributed by atoms with Crippen LogP contribution in [0.2, 0.25) is 0 Å². The lowest BCUT2D eigenvalue weighted by Gasteiger charge is -2.08. The van der Waals surface area contributed by atoms with Crippen LogP contribution >= 0.6 is 0 Å². The maximum absolute atomic E-state index is 13.6. The Bertz CT molecular complexity index is 967. The molecular weight excluding hydrogens is 314 g/mol. The number of aromatic nitrogens is 1. The molecule has 0 radical (unpaired) electrons. The van der Waals surface area contributed by atoms with E-state index in [1.54, 1.807) is 6.92 Å². The molecule has 5 nitrogen and oxygen atoms in total. The van der Waals surface area contributed by atoms with Gasteiger partial charge in [0, 0.05) is 13.0 Å². The number of benzene rings is 2. The molecule has 114 valence electrons. The Morgan fingerprint density at radius 2 is 1.91 bits per heavy atom. The number of rotatable bonds is 3. The van der Waals surface area contributed by atoms with Crippen LogP contribution in [0.3, 0.4) is 0 Å². The molecular formula is C14H10F2N2O3S. The lowest BCUT2D eigenvalue weighted by atomic mass is 10.3. The summed E-state index contributed by atoms with van der Waals surface area (Å²) in [5, 5.41) is 0. The predicted molar refractivity (Wildman–Crippen MR) is 75.9 cm³/mol. The van der Waals surface area contributed by atoms with Crippen LogP contribution in [-0.4, -0.2) is 13.4 Å². The predicted octanol–water partition coefficient (Wildman–Crippen LogP) is 3.22. The first-order chi connectivity index (χ1) is 10.3. The third-order valence-electron chi connectivity index (χ3n) is 2.95. The zero-order valence-corrected chi connectivity index (χ0v) is 12.1. The SMILES string of the molecule is Cc1nc2cc(S(=O)(=O)Nc3ccc(F)cc3F)ccc2o1. The van der Waals surface area contributed by atoms with Crippen molar-refractivity contribution in [3.05, 3.63) is 53.9 Å². The molecule has 0 fully saturated rings. The smallest absolute Gasteiger partial charge is 0.262 e. The van der Waals surface area contributed by atoms with Gasteiger partial charge in [-0.05, 0) is 30.3 Å². The molecule has 1 aromatic heterocycles. The Kier molecular flexibility index (Phi) is 3.32. The normalized spacial score (nSPS) is 11.8. The molecule has 0 aliphatic carbocycles. The summed E-state index contributed by atoms with van der Waals surface area (Å²) < 4.78 is 58.3. The molecule has 0 saturated carbocycles. The Hall–Kier alpha value is -2.48. The molecule has 0 aliphatic heterocycles. The minimum absolute atomic E-state index is 0.1000. The molecule has 0 amide bonds. The van der Waals surface area contributed by atoms with E-state index in [2.05, 4.69) is 9.71 Å². The summed E-state index contributed by atoms with van der Waals surface area (Å²) >= 11 is 0. The van der Waals surface area contributed by atoms with Crippen LogP contribution < -0.4 is 4.72 Å². The van der Waals surface area contributed by atoms with Crippen LogP contribution in [0.4, 0.5) is 14.5 Å². The Morgan fingerprint density at radius 1 is 1.14 bits per heavy atom. The molecule has 3 aromatic rings. The summed E-state index contributed by atoms with van der Waals surface area (Å²) in [6.45, 7) is 1.64. The summed E-state index contributed by atoms with van der Waals surface area (Å²) in [5.41, 5.74) is 0.488. The fourth-order valence-corrected chi connectivity index (χ4v) is 3.05. The van der Waals surface area contributed by atoms with Crippen molar-refractivity contribution in [2.45, 2.75) is 11.8 Å². The van der Waals surface area contributed by atoms with Crippen LogP contribution in [0.5, 0.6) is 0 Å². The highest BCUT2D eigenvalue weighted by Crippen LogP contribution is 2.23. The van der Waals surface area contributed by atoms with Crippen LogP contribution in [0.25, 0.3) is 11.1 Å². The number of fused-ring (bicyclic) bond motifs is 1. The molecule has 8 heteroatoms. The van der Waals surface area contributed by atoms with Crippen molar-refractivity contribution in [3.63, 3.8) is 0 Å². The molecule has 0 unspecified atom stereocenters. The van der Waals surface area contributed by atoms with Crippen molar-refractivity contribution in [2.24, 2.45) is 0 Å². The monoisotopic (exact) mass is 324 g/mol. The number of oxazole rings is 1. The van der Waals surface area contributed by atoms with Crippen molar-refractivity contribution in [1.82, 2.24) is 4.98 Å². The summed E-state index contributed by atoms with van der Waals surface area (Å²) in [4.78, 5) is 3.94. The van der Waals surface area contributed by atoms with Crippen LogP contribution in [0.15, 0.2) is 45.7 Å². The second kappa shape index (κ2) is 5.06. The van der Waals surface area contributed by atoms with Gasteiger partial charge in [0.2, 0.25) is 0 Å². The molecule has 0 aliphatic rings. The van der Waals surface area contributed by atoms with Crippen molar-refractivity contribution < 1.29 is 21.6 Å². The molecule has 1 N–H and O–H groups in total. The minimum atomic E-state index is -4.02. The van der Waals surface area contributed by atoms with Gasteiger partial charge in [-0.1, -0.05) is 0 Å². The largest absolute Gasteiger partial charge is 0.441 e. The number of nitrogens with one attached hydrogen (secondary N) is 1. The molecule has 0 spiro atoms. The summed E-state index contributed by atoms with van der Waals surface area (Å²) in [6, 6.07) is 6.67. The standard InChI is InChI=1S/C14H10F2N2O3S/c1-8-17-13-7-10(3-5-14(13)21-8)22(19,20)18-12-4-2-9(15)6-11(12)16/h2-7,18H,1H3. The number of halogens is 2. The zero-order valence-electron chi connectivity index (χ0n) is 11.3. The average Bonchev–Trinajstić information content (AvgIpc) is 2.81. The molecule has 0 saturated heterocycles. The molecule has 1 heterocycles. The van der Waals surface area contributed by atoms with Crippen molar-refractivity contribution in [1.29, 1.82) is 0 Å². The Morgan fingerprint density at radius 3 is 2.64 bits per heavy atom. The summed E-state index contributed by atoms with van der Waals surface area (Å²) in [6.07, 6.45) is 0.